The molecule has 5 heteroatoms. The van der Waals surface area contributed by atoms with Gasteiger partial charge < -0.3 is 4.90 Å². The maximum atomic E-state index is 13.2. The standard InChI is InChI=1S/C24H31N3OS/c1-5-26(6-2)16-17-27(22(28)15-13-20-10-8-7-9-11-20)24-25-23-19(4)18(3)12-14-21(23)29-24/h7-12,14H,5-6,13,15-17H2,1-4H3. The van der Waals surface area contributed by atoms with Gasteiger partial charge in [0, 0.05) is 19.5 Å². The summed E-state index contributed by atoms with van der Waals surface area (Å²) in [5, 5.41) is 0.818. The average Bonchev–Trinajstić information content (AvgIpc) is 3.18. The van der Waals surface area contributed by atoms with Gasteiger partial charge in [-0.05, 0) is 56.1 Å². The maximum absolute atomic E-state index is 13.2. The van der Waals surface area contributed by atoms with E-state index < -0.39 is 0 Å². The zero-order valence-corrected chi connectivity index (χ0v) is 18.8. The van der Waals surface area contributed by atoms with Gasteiger partial charge in [0.1, 0.15) is 0 Å². The number of hydrogen-bond acceptors (Lipinski definition) is 4. The highest BCUT2D eigenvalue weighted by atomic mass is 32.1. The monoisotopic (exact) mass is 409 g/mol. The van der Waals surface area contributed by atoms with E-state index in [1.807, 2.05) is 23.1 Å². The number of aromatic nitrogens is 1. The van der Waals surface area contributed by atoms with E-state index in [0.29, 0.717) is 13.0 Å². The zero-order valence-electron chi connectivity index (χ0n) is 17.9. The Kier molecular flexibility index (Phi) is 7.40. The molecule has 1 aromatic heterocycles. The molecule has 0 aliphatic rings. The number of aryl methyl sites for hydroxylation is 3. The summed E-state index contributed by atoms with van der Waals surface area (Å²) >= 11 is 1.62. The Morgan fingerprint density at radius 3 is 2.41 bits per heavy atom. The van der Waals surface area contributed by atoms with Gasteiger partial charge in [0.05, 0.1) is 10.2 Å². The number of carbonyl (C=O) groups is 1. The third-order valence-corrected chi connectivity index (χ3v) is 6.65. The first kappa shape index (κ1) is 21.5. The van der Waals surface area contributed by atoms with Crippen molar-refractivity contribution < 1.29 is 4.79 Å². The molecule has 4 nitrogen and oxygen atoms in total. The molecule has 0 atom stereocenters. The van der Waals surface area contributed by atoms with Crippen LogP contribution in [0.3, 0.4) is 0 Å². The topological polar surface area (TPSA) is 36.4 Å². The van der Waals surface area contributed by atoms with E-state index in [1.165, 1.54) is 16.7 Å². The molecular weight excluding hydrogens is 378 g/mol. The van der Waals surface area contributed by atoms with Gasteiger partial charge in [-0.25, -0.2) is 4.98 Å². The SMILES string of the molecule is CCN(CC)CCN(C(=O)CCc1ccccc1)c1nc2c(C)c(C)ccc2s1. The highest BCUT2D eigenvalue weighted by molar-refractivity contribution is 7.22. The minimum absolute atomic E-state index is 0.148. The molecule has 0 spiro atoms. The quantitative estimate of drug-likeness (QED) is 0.486. The van der Waals surface area contributed by atoms with Crippen molar-refractivity contribution in [3.05, 3.63) is 59.2 Å². The lowest BCUT2D eigenvalue weighted by Crippen LogP contribution is -2.39. The van der Waals surface area contributed by atoms with Crippen LogP contribution in [0.5, 0.6) is 0 Å². The van der Waals surface area contributed by atoms with E-state index in [4.69, 9.17) is 4.98 Å². The van der Waals surface area contributed by atoms with Gasteiger partial charge in [0.15, 0.2) is 5.13 Å². The van der Waals surface area contributed by atoms with E-state index in [-0.39, 0.29) is 5.91 Å². The van der Waals surface area contributed by atoms with Crippen LogP contribution in [0.15, 0.2) is 42.5 Å². The van der Waals surface area contributed by atoms with Crippen LogP contribution >= 0.6 is 11.3 Å². The van der Waals surface area contributed by atoms with Crippen molar-refractivity contribution in [1.29, 1.82) is 0 Å². The molecule has 29 heavy (non-hydrogen) atoms. The Hall–Kier alpha value is -2.24. The molecule has 154 valence electrons. The number of thiazole rings is 1. The molecule has 0 fully saturated rings. The number of likely N-dealkylation sites (N-methyl/N-ethyl adjacent to an activating group) is 1. The Labute approximate surface area is 178 Å². The van der Waals surface area contributed by atoms with Crippen LogP contribution in [0.25, 0.3) is 10.2 Å². The molecule has 0 saturated carbocycles. The van der Waals surface area contributed by atoms with Crippen molar-refractivity contribution in [2.75, 3.05) is 31.1 Å². The fourth-order valence-electron chi connectivity index (χ4n) is 3.47. The first-order valence-electron chi connectivity index (χ1n) is 10.5. The average molecular weight is 410 g/mol. The number of amides is 1. The number of hydrogen-bond donors (Lipinski definition) is 0. The summed E-state index contributed by atoms with van der Waals surface area (Å²) in [6.45, 7) is 12.0. The molecule has 0 aliphatic heterocycles. The van der Waals surface area contributed by atoms with E-state index in [2.05, 4.69) is 56.9 Å². The van der Waals surface area contributed by atoms with E-state index in [0.717, 1.165) is 41.4 Å². The van der Waals surface area contributed by atoms with Gasteiger partial charge in [-0.3, -0.25) is 9.69 Å². The molecule has 0 saturated heterocycles. The van der Waals surface area contributed by atoms with Crippen LogP contribution in [0.1, 0.15) is 37.0 Å². The van der Waals surface area contributed by atoms with Crippen LogP contribution in [-0.4, -0.2) is 42.0 Å². The molecule has 2 aromatic carbocycles. The van der Waals surface area contributed by atoms with Gasteiger partial charge in [0.2, 0.25) is 5.91 Å². The molecule has 0 N–H and O–H groups in total. The molecule has 1 amide bonds. The number of rotatable bonds is 9. The number of nitrogens with zero attached hydrogens (tertiary/aromatic N) is 3. The number of carbonyl (C=O) groups excluding carboxylic acids is 1. The molecule has 0 aliphatic carbocycles. The second-order valence-electron chi connectivity index (χ2n) is 7.41. The number of anilines is 1. The van der Waals surface area contributed by atoms with E-state index in [1.54, 1.807) is 11.3 Å². The summed E-state index contributed by atoms with van der Waals surface area (Å²) in [5.41, 5.74) is 4.65. The number of fused-ring (bicyclic) bond motifs is 1. The van der Waals surface area contributed by atoms with E-state index in [9.17, 15) is 4.79 Å². The summed E-state index contributed by atoms with van der Waals surface area (Å²) in [6.07, 6.45) is 1.25. The van der Waals surface area contributed by atoms with Gasteiger partial charge in [0.25, 0.3) is 0 Å². The molecule has 0 bridgehead atoms. The highest BCUT2D eigenvalue weighted by Crippen LogP contribution is 2.32. The minimum Gasteiger partial charge on any atom is -0.302 e. The van der Waals surface area contributed by atoms with Gasteiger partial charge in [-0.1, -0.05) is 61.6 Å². The Morgan fingerprint density at radius 1 is 1.00 bits per heavy atom. The molecule has 0 radical (unpaired) electrons. The smallest absolute Gasteiger partial charge is 0.229 e. The first-order valence-corrected chi connectivity index (χ1v) is 11.3. The Bertz CT molecular complexity index is 947. The molecular formula is C24H31N3OS. The van der Waals surface area contributed by atoms with Crippen LogP contribution in [0.4, 0.5) is 5.13 Å². The van der Waals surface area contributed by atoms with Crippen molar-refractivity contribution in [2.24, 2.45) is 0 Å². The Balaban J connectivity index is 1.83. The summed E-state index contributed by atoms with van der Waals surface area (Å²) in [5.74, 6) is 0.148. The largest absolute Gasteiger partial charge is 0.302 e. The van der Waals surface area contributed by atoms with Gasteiger partial charge >= 0.3 is 0 Å². The molecule has 3 rings (SSSR count). The Morgan fingerprint density at radius 2 is 1.72 bits per heavy atom. The predicted octanol–water partition coefficient (Wildman–Crippen LogP) is 5.22. The summed E-state index contributed by atoms with van der Waals surface area (Å²) in [6, 6.07) is 14.5. The van der Waals surface area contributed by atoms with Crippen molar-refractivity contribution in [2.45, 2.75) is 40.5 Å². The zero-order chi connectivity index (χ0) is 20.8. The molecule has 0 unspecified atom stereocenters. The van der Waals surface area contributed by atoms with Crippen molar-refractivity contribution in [3.8, 4) is 0 Å². The lowest BCUT2D eigenvalue weighted by atomic mass is 10.1. The fourth-order valence-corrected chi connectivity index (χ4v) is 4.54. The fraction of sp³-hybridized carbons (Fsp3) is 0.417. The lowest BCUT2D eigenvalue weighted by Gasteiger charge is -2.24. The van der Waals surface area contributed by atoms with E-state index >= 15 is 0 Å². The lowest BCUT2D eigenvalue weighted by molar-refractivity contribution is -0.118. The van der Waals surface area contributed by atoms with Crippen LogP contribution in [0.2, 0.25) is 0 Å². The van der Waals surface area contributed by atoms with Crippen LogP contribution in [-0.2, 0) is 11.2 Å². The molecule has 1 heterocycles. The first-order chi connectivity index (χ1) is 14.0. The number of benzene rings is 2. The van der Waals surface area contributed by atoms with Gasteiger partial charge in [-0.2, -0.15) is 0 Å². The summed E-state index contributed by atoms with van der Waals surface area (Å²) in [7, 11) is 0. The van der Waals surface area contributed by atoms with Crippen LogP contribution < -0.4 is 4.90 Å². The normalized spacial score (nSPS) is 11.3. The maximum Gasteiger partial charge on any atom is 0.229 e. The van der Waals surface area contributed by atoms with Crippen molar-refractivity contribution >= 4 is 32.6 Å². The predicted molar refractivity (Wildman–Crippen MR) is 124 cm³/mol. The minimum atomic E-state index is 0.148. The van der Waals surface area contributed by atoms with Crippen molar-refractivity contribution in [1.82, 2.24) is 9.88 Å². The highest BCUT2D eigenvalue weighted by Gasteiger charge is 2.21. The second-order valence-corrected chi connectivity index (χ2v) is 8.42. The van der Waals surface area contributed by atoms with Crippen molar-refractivity contribution in [3.63, 3.8) is 0 Å². The molecule has 3 aromatic rings. The third-order valence-electron chi connectivity index (χ3n) is 5.61. The van der Waals surface area contributed by atoms with Crippen LogP contribution in [0, 0.1) is 13.8 Å². The third kappa shape index (κ3) is 5.22. The van der Waals surface area contributed by atoms with Gasteiger partial charge in [-0.15, -0.1) is 0 Å². The second kappa shape index (κ2) is 9.99. The summed E-state index contributed by atoms with van der Waals surface area (Å²) < 4.78 is 1.15. The summed E-state index contributed by atoms with van der Waals surface area (Å²) in [4.78, 5) is 22.3.